The molecule has 2 aliphatic heterocycles. The van der Waals surface area contributed by atoms with Gasteiger partial charge in [-0.1, -0.05) is 15.9 Å². The van der Waals surface area contributed by atoms with E-state index >= 15 is 0 Å². The Morgan fingerprint density at radius 2 is 1.86 bits per heavy atom. The highest BCUT2D eigenvalue weighted by Gasteiger charge is 2.35. The fourth-order valence-corrected chi connectivity index (χ4v) is 3.50. The van der Waals surface area contributed by atoms with Crippen molar-refractivity contribution in [2.45, 2.75) is 6.42 Å². The van der Waals surface area contributed by atoms with Gasteiger partial charge in [0.15, 0.2) is 11.5 Å². The van der Waals surface area contributed by atoms with E-state index < -0.39 is 5.92 Å². The predicted octanol–water partition coefficient (Wildman–Crippen LogP) is 2.29. The number of rotatable bonds is 5. The summed E-state index contributed by atoms with van der Waals surface area (Å²) in [4.78, 5) is 38.4. The van der Waals surface area contributed by atoms with Gasteiger partial charge in [0.25, 0.3) is 0 Å². The molecule has 1 atom stereocenters. The van der Waals surface area contributed by atoms with Crippen LogP contribution >= 0.6 is 15.9 Å². The molecule has 2 aromatic carbocycles. The Hall–Kier alpha value is -3.07. The molecule has 8 nitrogen and oxygen atoms in total. The molecule has 1 saturated heterocycles. The molecule has 0 bridgehead atoms. The van der Waals surface area contributed by atoms with Crippen LogP contribution in [0.4, 0.5) is 11.4 Å². The van der Waals surface area contributed by atoms with E-state index in [1.165, 1.54) is 0 Å². The van der Waals surface area contributed by atoms with E-state index in [0.29, 0.717) is 22.9 Å². The van der Waals surface area contributed by atoms with Gasteiger partial charge in [0, 0.05) is 34.9 Å². The maximum absolute atomic E-state index is 12.4. The molecule has 2 aliphatic rings. The second-order valence-corrected chi connectivity index (χ2v) is 7.63. The number of fused-ring (bicyclic) bond motifs is 1. The van der Waals surface area contributed by atoms with Gasteiger partial charge in [-0.15, -0.1) is 0 Å². The molecule has 1 fully saturated rings. The van der Waals surface area contributed by atoms with Crippen LogP contribution in [-0.4, -0.2) is 37.6 Å². The van der Waals surface area contributed by atoms with Gasteiger partial charge in [-0.05, 0) is 36.4 Å². The van der Waals surface area contributed by atoms with Crippen LogP contribution in [-0.2, 0) is 14.4 Å². The number of halogens is 1. The fraction of sp³-hybridized carbons (Fsp3) is 0.250. The number of hydrogen-bond donors (Lipinski definition) is 2. The van der Waals surface area contributed by atoms with Crippen LogP contribution in [0, 0.1) is 5.92 Å². The predicted molar refractivity (Wildman–Crippen MR) is 109 cm³/mol. The lowest BCUT2D eigenvalue weighted by atomic mass is 10.1. The third kappa shape index (κ3) is 4.34. The minimum Gasteiger partial charge on any atom is -0.454 e. The summed E-state index contributed by atoms with van der Waals surface area (Å²) in [5, 5.41) is 5.31. The molecule has 0 radical (unpaired) electrons. The average Bonchev–Trinajstić information content (AvgIpc) is 3.33. The quantitative estimate of drug-likeness (QED) is 0.714. The first-order valence-electron chi connectivity index (χ1n) is 9.03. The number of carbonyl (C=O) groups excluding carboxylic acids is 3. The minimum absolute atomic E-state index is 0.0919. The molecule has 0 saturated carbocycles. The number of ether oxygens (including phenoxy) is 2. The first-order chi connectivity index (χ1) is 14.0. The van der Waals surface area contributed by atoms with Gasteiger partial charge < -0.3 is 25.0 Å². The Kier molecular flexibility index (Phi) is 5.39. The lowest BCUT2D eigenvalue weighted by molar-refractivity contribution is -0.127. The topological polar surface area (TPSA) is 97.0 Å². The summed E-state index contributed by atoms with van der Waals surface area (Å²) in [7, 11) is 0. The van der Waals surface area contributed by atoms with Crippen LogP contribution < -0.4 is 25.0 Å². The highest BCUT2D eigenvalue weighted by Crippen LogP contribution is 2.37. The normalized spacial score (nSPS) is 17.3. The van der Waals surface area contributed by atoms with Gasteiger partial charge in [-0.25, -0.2) is 0 Å². The Morgan fingerprint density at radius 1 is 1.10 bits per heavy atom. The number of amides is 3. The summed E-state index contributed by atoms with van der Waals surface area (Å²) in [6.45, 7) is 0.238. The van der Waals surface area contributed by atoms with Crippen molar-refractivity contribution in [3.63, 3.8) is 0 Å². The molecule has 150 valence electrons. The number of hydrogen-bond acceptors (Lipinski definition) is 5. The summed E-state index contributed by atoms with van der Waals surface area (Å²) >= 11 is 3.33. The van der Waals surface area contributed by atoms with Crippen LogP contribution in [0.1, 0.15) is 6.42 Å². The number of nitrogens with zero attached hydrogens (tertiary/aromatic N) is 1. The van der Waals surface area contributed by atoms with Crippen molar-refractivity contribution >= 4 is 45.0 Å². The van der Waals surface area contributed by atoms with Gasteiger partial charge in [0.05, 0.1) is 12.5 Å². The van der Waals surface area contributed by atoms with Gasteiger partial charge in [-0.3, -0.25) is 14.4 Å². The van der Waals surface area contributed by atoms with Crippen LogP contribution in [0.2, 0.25) is 0 Å². The van der Waals surface area contributed by atoms with Gasteiger partial charge in [0.2, 0.25) is 24.5 Å². The molecule has 0 aromatic heterocycles. The molecule has 29 heavy (non-hydrogen) atoms. The summed E-state index contributed by atoms with van der Waals surface area (Å²) < 4.78 is 11.5. The Bertz CT molecular complexity index is 963. The number of nitrogens with one attached hydrogen (secondary N) is 2. The largest absolute Gasteiger partial charge is 0.454 e. The summed E-state index contributed by atoms with van der Waals surface area (Å²) in [6.07, 6.45) is 0.0919. The molecule has 9 heteroatoms. The standard InChI is InChI=1S/C20H18BrN3O5/c21-13-1-3-14(4-2-13)23-18(25)9-22-20(27)12-7-19(26)24(10-12)15-5-6-16-17(8-15)29-11-28-16/h1-6,8,12H,7,9-11H2,(H,22,27)(H,23,25). The highest BCUT2D eigenvalue weighted by molar-refractivity contribution is 9.10. The SMILES string of the molecule is O=C(CNC(=O)C1CC(=O)N(c2ccc3c(c2)OCO3)C1)Nc1ccc(Br)cc1. The number of carbonyl (C=O) groups is 3. The summed E-state index contributed by atoms with van der Waals surface area (Å²) in [6, 6.07) is 12.4. The van der Waals surface area contributed by atoms with E-state index in [1.54, 1.807) is 35.2 Å². The van der Waals surface area contributed by atoms with Crippen LogP contribution in [0.15, 0.2) is 46.9 Å². The number of benzene rings is 2. The molecule has 2 aromatic rings. The lowest BCUT2D eigenvalue weighted by Crippen LogP contribution is -2.37. The van der Waals surface area contributed by atoms with E-state index in [1.807, 2.05) is 12.1 Å². The molecular weight excluding hydrogens is 442 g/mol. The molecule has 0 spiro atoms. The van der Waals surface area contributed by atoms with Crippen LogP contribution in [0.3, 0.4) is 0 Å². The van der Waals surface area contributed by atoms with E-state index in [-0.39, 0.29) is 44.0 Å². The summed E-state index contributed by atoms with van der Waals surface area (Å²) in [5.41, 5.74) is 1.29. The molecule has 3 amide bonds. The van der Waals surface area contributed by atoms with E-state index in [0.717, 1.165) is 4.47 Å². The molecule has 2 N–H and O–H groups in total. The summed E-state index contributed by atoms with van der Waals surface area (Å²) in [5.74, 6) is -0.124. The van der Waals surface area contributed by atoms with Crippen molar-refractivity contribution in [1.82, 2.24) is 5.32 Å². The average molecular weight is 460 g/mol. The zero-order chi connectivity index (χ0) is 20.4. The minimum atomic E-state index is -0.520. The molecule has 2 heterocycles. The van der Waals surface area contributed by atoms with Gasteiger partial charge in [-0.2, -0.15) is 0 Å². The van der Waals surface area contributed by atoms with Crippen molar-refractivity contribution in [3.05, 3.63) is 46.9 Å². The molecule has 0 aliphatic carbocycles. The maximum atomic E-state index is 12.4. The fourth-order valence-electron chi connectivity index (χ4n) is 3.24. The Morgan fingerprint density at radius 3 is 2.66 bits per heavy atom. The van der Waals surface area contributed by atoms with Gasteiger partial charge in [0.1, 0.15) is 0 Å². The van der Waals surface area contributed by atoms with Crippen molar-refractivity contribution in [1.29, 1.82) is 0 Å². The second-order valence-electron chi connectivity index (χ2n) is 6.72. The first kappa shape index (κ1) is 19.3. The van der Waals surface area contributed by atoms with E-state index in [9.17, 15) is 14.4 Å². The molecular formula is C20H18BrN3O5. The van der Waals surface area contributed by atoms with Crippen molar-refractivity contribution in [2.75, 3.05) is 30.1 Å². The van der Waals surface area contributed by atoms with Crippen LogP contribution in [0.25, 0.3) is 0 Å². The van der Waals surface area contributed by atoms with Crippen LogP contribution in [0.5, 0.6) is 11.5 Å². The zero-order valence-corrected chi connectivity index (χ0v) is 16.9. The number of anilines is 2. The smallest absolute Gasteiger partial charge is 0.243 e. The highest BCUT2D eigenvalue weighted by atomic mass is 79.9. The van der Waals surface area contributed by atoms with Gasteiger partial charge >= 0.3 is 0 Å². The first-order valence-corrected chi connectivity index (χ1v) is 9.82. The van der Waals surface area contributed by atoms with E-state index in [4.69, 9.17) is 9.47 Å². The monoisotopic (exact) mass is 459 g/mol. The zero-order valence-electron chi connectivity index (χ0n) is 15.3. The van der Waals surface area contributed by atoms with Crippen molar-refractivity contribution < 1.29 is 23.9 Å². The second kappa shape index (κ2) is 8.12. The van der Waals surface area contributed by atoms with E-state index in [2.05, 4.69) is 26.6 Å². The molecule has 1 unspecified atom stereocenters. The van der Waals surface area contributed by atoms with Crippen molar-refractivity contribution in [2.24, 2.45) is 5.92 Å². The molecule has 4 rings (SSSR count). The Balaban J connectivity index is 1.31. The van der Waals surface area contributed by atoms with Crippen molar-refractivity contribution in [3.8, 4) is 11.5 Å². The lowest BCUT2D eigenvalue weighted by Gasteiger charge is -2.17. The maximum Gasteiger partial charge on any atom is 0.243 e. The third-order valence-corrected chi connectivity index (χ3v) is 5.24. The third-order valence-electron chi connectivity index (χ3n) is 4.71. The Labute approximate surface area is 175 Å².